The second-order valence-corrected chi connectivity index (χ2v) is 8.42. The van der Waals surface area contributed by atoms with Gasteiger partial charge in [0.05, 0.1) is 35.6 Å². The standard InChI is InChI=1S/C21H26F3N7O2/c1-20(2,28-19(33)15(25-3)8-13-10-27-30(4)11-13)12-31-16(9-17(29-31)21(22,23)24)14-6-5-7-26-18(14)32/h5-7,9-11,15,25H,8,12H2,1-4H3,(H,26,32)(H,28,33)/t15-/m1/s1. The van der Waals surface area contributed by atoms with E-state index >= 15 is 0 Å². The molecule has 0 aliphatic carbocycles. The molecule has 0 aromatic carbocycles. The summed E-state index contributed by atoms with van der Waals surface area (Å²) in [6.07, 6.45) is 0.554. The largest absolute Gasteiger partial charge is 0.435 e. The number of aromatic amines is 1. The number of nitrogens with zero attached hydrogens (tertiary/aromatic N) is 4. The fourth-order valence-corrected chi connectivity index (χ4v) is 3.49. The summed E-state index contributed by atoms with van der Waals surface area (Å²) in [6.45, 7) is 3.26. The molecule has 3 aromatic rings. The zero-order valence-corrected chi connectivity index (χ0v) is 18.7. The third-order valence-corrected chi connectivity index (χ3v) is 5.03. The lowest BCUT2D eigenvalue weighted by atomic mass is 10.0. The number of aryl methyl sites for hydroxylation is 1. The first-order valence-electron chi connectivity index (χ1n) is 10.2. The highest BCUT2D eigenvalue weighted by Crippen LogP contribution is 2.31. The molecule has 0 unspecified atom stereocenters. The zero-order chi connectivity index (χ0) is 24.4. The molecule has 0 spiro atoms. The van der Waals surface area contributed by atoms with E-state index in [1.165, 1.54) is 18.3 Å². The quantitative estimate of drug-likeness (QED) is 0.469. The SMILES string of the molecule is CN[C@H](Cc1cnn(C)c1)C(=O)NC(C)(C)Cn1nc(C(F)(F)F)cc1-c1ccc[nH]c1=O. The Kier molecular flexibility index (Phi) is 6.77. The van der Waals surface area contributed by atoms with Crippen molar-refractivity contribution < 1.29 is 18.0 Å². The van der Waals surface area contributed by atoms with Crippen LogP contribution in [0, 0.1) is 0 Å². The number of likely N-dealkylation sites (N-methyl/N-ethyl adjacent to an activating group) is 1. The van der Waals surface area contributed by atoms with Crippen molar-refractivity contribution in [3.63, 3.8) is 0 Å². The van der Waals surface area contributed by atoms with E-state index in [4.69, 9.17) is 0 Å². The number of halogens is 3. The minimum absolute atomic E-state index is 0.00651. The highest BCUT2D eigenvalue weighted by atomic mass is 19.4. The van der Waals surface area contributed by atoms with Crippen LogP contribution in [0.3, 0.4) is 0 Å². The Balaban J connectivity index is 1.84. The first-order chi connectivity index (χ1) is 15.4. The molecule has 0 saturated heterocycles. The van der Waals surface area contributed by atoms with Crippen LogP contribution in [0.4, 0.5) is 13.2 Å². The zero-order valence-electron chi connectivity index (χ0n) is 18.7. The van der Waals surface area contributed by atoms with E-state index in [-0.39, 0.29) is 23.7 Å². The third kappa shape index (κ3) is 5.89. The Bertz CT molecular complexity index is 1180. The van der Waals surface area contributed by atoms with Crippen molar-refractivity contribution in [3.8, 4) is 11.3 Å². The van der Waals surface area contributed by atoms with Gasteiger partial charge in [-0.05, 0) is 51.1 Å². The monoisotopic (exact) mass is 465 g/mol. The van der Waals surface area contributed by atoms with E-state index in [9.17, 15) is 22.8 Å². The van der Waals surface area contributed by atoms with Crippen LogP contribution in [0.1, 0.15) is 25.1 Å². The van der Waals surface area contributed by atoms with Crippen molar-refractivity contribution in [3.05, 3.63) is 58.4 Å². The van der Waals surface area contributed by atoms with Gasteiger partial charge in [-0.15, -0.1) is 0 Å². The molecule has 0 bridgehead atoms. The van der Waals surface area contributed by atoms with Crippen molar-refractivity contribution in [1.29, 1.82) is 0 Å². The van der Waals surface area contributed by atoms with E-state index in [2.05, 4.69) is 25.8 Å². The van der Waals surface area contributed by atoms with Crippen LogP contribution in [0.15, 0.2) is 41.6 Å². The number of amides is 1. The number of alkyl halides is 3. The third-order valence-electron chi connectivity index (χ3n) is 5.03. The molecule has 9 nitrogen and oxygen atoms in total. The van der Waals surface area contributed by atoms with Gasteiger partial charge in [0.2, 0.25) is 5.91 Å². The second kappa shape index (κ2) is 9.22. The lowest BCUT2D eigenvalue weighted by Gasteiger charge is -2.29. The molecular formula is C21H26F3N7O2. The molecule has 3 aromatic heterocycles. The summed E-state index contributed by atoms with van der Waals surface area (Å²) in [7, 11) is 3.42. The first-order valence-corrected chi connectivity index (χ1v) is 10.2. The molecule has 0 radical (unpaired) electrons. The van der Waals surface area contributed by atoms with Gasteiger partial charge >= 0.3 is 6.18 Å². The summed E-state index contributed by atoms with van der Waals surface area (Å²) in [5, 5.41) is 13.6. The normalized spacial score (nSPS) is 13.2. The van der Waals surface area contributed by atoms with Gasteiger partial charge in [0.15, 0.2) is 5.69 Å². The molecule has 178 valence electrons. The topological polar surface area (TPSA) is 110 Å². The van der Waals surface area contributed by atoms with Crippen molar-refractivity contribution in [2.45, 2.75) is 44.6 Å². The highest BCUT2D eigenvalue weighted by Gasteiger charge is 2.36. The number of hydrogen-bond donors (Lipinski definition) is 3. The van der Waals surface area contributed by atoms with Crippen molar-refractivity contribution in [2.75, 3.05) is 7.05 Å². The average Bonchev–Trinajstić information content (AvgIpc) is 3.31. The van der Waals surface area contributed by atoms with Crippen LogP contribution in [-0.2, 0) is 31.0 Å². The maximum Gasteiger partial charge on any atom is 0.435 e. The average molecular weight is 465 g/mol. The van der Waals surface area contributed by atoms with Gasteiger partial charge in [0.25, 0.3) is 5.56 Å². The highest BCUT2D eigenvalue weighted by molar-refractivity contribution is 5.82. The van der Waals surface area contributed by atoms with E-state index in [0.717, 1.165) is 16.3 Å². The molecule has 3 heterocycles. The summed E-state index contributed by atoms with van der Waals surface area (Å²) in [5.74, 6) is -0.325. The van der Waals surface area contributed by atoms with E-state index < -0.39 is 29.0 Å². The molecule has 1 amide bonds. The lowest BCUT2D eigenvalue weighted by molar-refractivity contribution is -0.141. The van der Waals surface area contributed by atoms with Crippen LogP contribution in [0.2, 0.25) is 0 Å². The Morgan fingerprint density at radius 1 is 1.30 bits per heavy atom. The van der Waals surface area contributed by atoms with Gasteiger partial charge in [-0.2, -0.15) is 23.4 Å². The molecule has 1 atom stereocenters. The van der Waals surface area contributed by atoms with Gasteiger partial charge in [-0.1, -0.05) is 0 Å². The smallest absolute Gasteiger partial charge is 0.348 e. The predicted octanol–water partition coefficient (Wildman–Crippen LogP) is 1.72. The second-order valence-electron chi connectivity index (χ2n) is 8.42. The minimum Gasteiger partial charge on any atom is -0.348 e. The number of nitrogens with one attached hydrogen (secondary N) is 3. The summed E-state index contributed by atoms with van der Waals surface area (Å²) in [4.78, 5) is 27.6. The number of rotatable bonds is 8. The molecule has 0 aliphatic rings. The van der Waals surface area contributed by atoms with E-state index in [1.807, 2.05) is 0 Å². The maximum absolute atomic E-state index is 13.4. The van der Waals surface area contributed by atoms with Crippen LogP contribution < -0.4 is 16.2 Å². The Hall–Kier alpha value is -3.41. The van der Waals surface area contributed by atoms with Gasteiger partial charge in [0, 0.05) is 19.4 Å². The van der Waals surface area contributed by atoms with Gasteiger partial charge in [-0.25, -0.2) is 0 Å². The van der Waals surface area contributed by atoms with Crippen LogP contribution in [0.25, 0.3) is 11.3 Å². The molecular weight excluding hydrogens is 439 g/mol. The van der Waals surface area contributed by atoms with E-state index in [1.54, 1.807) is 45.0 Å². The summed E-state index contributed by atoms with van der Waals surface area (Å²) >= 11 is 0. The number of hydrogen-bond acceptors (Lipinski definition) is 5. The lowest BCUT2D eigenvalue weighted by Crippen LogP contribution is -2.53. The Morgan fingerprint density at radius 2 is 2.03 bits per heavy atom. The molecule has 0 fully saturated rings. The molecule has 0 aliphatic heterocycles. The first kappa shape index (κ1) is 24.2. The van der Waals surface area contributed by atoms with Crippen molar-refractivity contribution >= 4 is 5.91 Å². The van der Waals surface area contributed by atoms with Crippen LogP contribution in [0.5, 0.6) is 0 Å². The number of carbonyl (C=O) groups excluding carboxylic acids is 1. The van der Waals surface area contributed by atoms with Crippen LogP contribution >= 0.6 is 0 Å². The molecule has 0 saturated carbocycles. The molecule has 3 N–H and O–H groups in total. The fourth-order valence-electron chi connectivity index (χ4n) is 3.49. The number of H-pyrrole nitrogens is 1. The van der Waals surface area contributed by atoms with Gasteiger partial charge in [0.1, 0.15) is 0 Å². The number of pyridine rings is 1. The predicted molar refractivity (Wildman–Crippen MR) is 115 cm³/mol. The van der Waals surface area contributed by atoms with Crippen molar-refractivity contribution in [2.24, 2.45) is 7.05 Å². The molecule has 12 heteroatoms. The minimum atomic E-state index is -4.68. The summed E-state index contributed by atoms with van der Waals surface area (Å²) in [5.41, 5.74) is -1.73. The number of carbonyl (C=O) groups is 1. The fraction of sp³-hybridized carbons (Fsp3) is 0.429. The van der Waals surface area contributed by atoms with E-state index in [0.29, 0.717) is 6.42 Å². The van der Waals surface area contributed by atoms with Gasteiger partial charge < -0.3 is 15.6 Å². The maximum atomic E-state index is 13.4. The van der Waals surface area contributed by atoms with Crippen molar-refractivity contribution in [1.82, 2.24) is 35.2 Å². The Labute approximate surface area is 188 Å². The van der Waals surface area contributed by atoms with Crippen LogP contribution in [-0.4, -0.2) is 49.1 Å². The summed E-state index contributed by atoms with van der Waals surface area (Å²) < 4.78 is 42.8. The Morgan fingerprint density at radius 3 is 2.61 bits per heavy atom. The molecule has 33 heavy (non-hydrogen) atoms. The van der Waals surface area contributed by atoms with Gasteiger partial charge in [-0.3, -0.25) is 19.0 Å². The summed E-state index contributed by atoms with van der Waals surface area (Å²) in [6, 6.07) is 3.20. The molecule has 3 rings (SSSR count). The number of aromatic nitrogens is 5.